The van der Waals surface area contributed by atoms with Gasteiger partial charge in [-0.15, -0.1) is 0 Å². The van der Waals surface area contributed by atoms with Crippen LogP contribution in [-0.2, 0) is 0 Å². The van der Waals surface area contributed by atoms with Gasteiger partial charge in [-0.1, -0.05) is 44.4 Å². The van der Waals surface area contributed by atoms with Crippen molar-refractivity contribution in [2.24, 2.45) is 5.92 Å². The molecule has 1 N–H and O–H groups in total. The minimum absolute atomic E-state index is 0.344. The lowest BCUT2D eigenvalue weighted by atomic mass is 9.93. The SMILES string of the molecule is CCC(CC)CC(O)c1ccc(Cl)cc1F. The van der Waals surface area contributed by atoms with Gasteiger partial charge in [0.25, 0.3) is 0 Å². The molecule has 0 aliphatic heterocycles. The number of aliphatic hydroxyl groups is 1. The van der Waals surface area contributed by atoms with Gasteiger partial charge >= 0.3 is 0 Å². The van der Waals surface area contributed by atoms with E-state index >= 15 is 0 Å². The molecule has 1 aromatic carbocycles. The Morgan fingerprint density at radius 2 is 1.94 bits per heavy atom. The molecular formula is C13H18ClFO. The van der Waals surface area contributed by atoms with Crippen LogP contribution in [0.4, 0.5) is 4.39 Å². The Bertz CT molecular complexity index is 337. The van der Waals surface area contributed by atoms with Gasteiger partial charge in [0.15, 0.2) is 0 Å². The number of aliphatic hydroxyl groups excluding tert-OH is 1. The second-order valence-electron chi connectivity index (χ2n) is 4.10. The Morgan fingerprint density at radius 3 is 2.44 bits per heavy atom. The maximum atomic E-state index is 13.5. The van der Waals surface area contributed by atoms with Gasteiger partial charge in [-0.2, -0.15) is 0 Å². The first-order valence-electron chi connectivity index (χ1n) is 5.71. The Kier molecular flexibility index (Phi) is 5.23. The first-order valence-corrected chi connectivity index (χ1v) is 6.09. The maximum absolute atomic E-state index is 13.5. The van der Waals surface area contributed by atoms with Crippen molar-refractivity contribution in [3.8, 4) is 0 Å². The van der Waals surface area contributed by atoms with Crippen LogP contribution in [0.3, 0.4) is 0 Å². The molecule has 0 fully saturated rings. The van der Waals surface area contributed by atoms with Crippen molar-refractivity contribution >= 4 is 11.6 Å². The zero-order valence-corrected chi connectivity index (χ0v) is 10.5. The van der Waals surface area contributed by atoms with E-state index in [1.54, 1.807) is 12.1 Å². The highest BCUT2D eigenvalue weighted by molar-refractivity contribution is 6.30. The van der Waals surface area contributed by atoms with Crippen LogP contribution in [0.5, 0.6) is 0 Å². The van der Waals surface area contributed by atoms with E-state index in [0.717, 1.165) is 12.8 Å². The highest BCUT2D eigenvalue weighted by Gasteiger charge is 2.16. The van der Waals surface area contributed by atoms with Crippen molar-refractivity contribution in [1.82, 2.24) is 0 Å². The number of hydrogen-bond acceptors (Lipinski definition) is 1. The van der Waals surface area contributed by atoms with Gasteiger partial charge in [0.1, 0.15) is 5.82 Å². The third kappa shape index (κ3) is 3.46. The van der Waals surface area contributed by atoms with Crippen LogP contribution in [0, 0.1) is 11.7 Å². The smallest absolute Gasteiger partial charge is 0.130 e. The van der Waals surface area contributed by atoms with E-state index in [2.05, 4.69) is 13.8 Å². The summed E-state index contributed by atoms with van der Waals surface area (Å²) in [4.78, 5) is 0. The number of halogens is 2. The molecule has 16 heavy (non-hydrogen) atoms. The zero-order chi connectivity index (χ0) is 12.1. The molecule has 0 aliphatic rings. The fraction of sp³-hybridized carbons (Fsp3) is 0.538. The zero-order valence-electron chi connectivity index (χ0n) is 9.71. The predicted molar refractivity (Wildman–Crippen MR) is 65.1 cm³/mol. The van der Waals surface area contributed by atoms with Crippen LogP contribution >= 0.6 is 11.6 Å². The molecule has 1 atom stereocenters. The lowest BCUT2D eigenvalue weighted by molar-refractivity contribution is 0.137. The molecule has 0 bridgehead atoms. The van der Waals surface area contributed by atoms with Crippen LogP contribution in [0.15, 0.2) is 18.2 Å². The van der Waals surface area contributed by atoms with Crippen molar-refractivity contribution in [2.45, 2.75) is 39.2 Å². The lowest BCUT2D eigenvalue weighted by Crippen LogP contribution is -2.07. The number of benzene rings is 1. The second kappa shape index (κ2) is 6.21. The van der Waals surface area contributed by atoms with Gasteiger partial charge in [0.2, 0.25) is 0 Å². The molecule has 0 saturated heterocycles. The van der Waals surface area contributed by atoms with Crippen LogP contribution in [-0.4, -0.2) is 5.11 Å². The van der Waals surface area contributed by atoms with Crippen molar-refractivity contribution < 1.29 is 9.50 Å². The fourth-order valence-electron chi connectivity index (χ4n) is 1.84. The monoisotopic (exact) mass is 244 g/mol. The standard InChI is InChI=1S/C13H18ClFO/c1-3-9(4-2)7-13(16)11-6-5-10(14)8-12(11)15/h5-6,8-9,13,16H,3-4,7H2,1-2H3. The quantitative estimate of drug-likeness (QED) is 0.817. The molecule has 3 heteroatoms. The molecule has 0 saturated carbocycles. The van der Waals surface area contributed by atoms with Crippen LogP contribution in [0.2, 0.25) is 5.02 Å². The average molecular weight is 245 g/mol. The van der Waals surface area contributed by atoms with Crippen LogP contribution in [0.1, 0.15) is 44.8 Å². The summed E-state index contributed by atoms with van der Waals surface area (Å²) < 4.78 is 13.5. The molecule has 90 valence electrons. The predicted octanol–water partition coefficient (Wildman–Crippen LogP) is 4.34. The molecule has 0 spiro atoms. The van der Waals surface area contributed by atoms with Gasteiger partial charge in [-0.3, -0.25) is 0 Å². The minimum Gasteiger partial charge on any atom is -0.388 e. The number of rotatable bonds is 5. The average Bonchev–Trinajstić information content (AvgIpc) is 2.25. The first-order chi connectivity index (χ1) is 7.58. The summed E-state index contributed by atoms with van der Waals surface area (Å²) in [6, 6.07) is 4.41. The van der Waals surface area contributed by atoms with E-state index < -0.39 is 11.9 Å². The highest BCUT2D eigenvalue weighted by Crippen LogP contribution is 2.28. The Hall–Kier alpha value is -0.600. The molecule has 0 amide bonds. The van der Waals surface area contributed by atoms with Gasteiger partial charge in [-0.25, -0.2) is 4.39 Å². The molecule has 1 nitrogen and oxygen atoms in total. The lowest BCUT2D eigenvalue weighted by Gasteiger charge is -2.18. The highest BCUT2D eigenvalue weighted by atomic mass is 35.5. The largest absolute Gasteiger partial charge is 0.388 e. The molecular weight excluding hydrogens is 227 g/mol. The van der Waals surface area contributed by atoms with Gasteiger partial charge in [-0.05, 0) is 24.5 Å². The molecule has 1 unspecified atom stereocenters. The maximum Gasteiger partial charge on any atom is 0.130 e. The Balaban J connectivity index is 2.76. The van der Waals surface area contributed by atoms with E-state index in [4.69, 9.17) is 11.6 Å². The Labute approximate surface area is 101 Å². The number of hydrogen-bond donors (Lipinski definition) is 1. The summed E-state index contributed by atoms with van der Waals surface area (Å²) in [7, 11) is 0. The van der Waals surface area contributed by atoms with E-state index in [-0.39, 0.29) is 0 Å². The molecule has 0 heterocycles. The van der Waals surface area contributed by atoms with Gasteiger partial charge in [0, 0.05) is 10.6 Å². The normalized spacial score (nSPS) is 13.1. The van der Waals surface area contributed by atoms with Crippen LogP contribution < -0.4 is 0 Å². The van der Waals surface area contributed by atoms with Crippen molar-refractivity contribution in [3.63, 3.8) is 0 Å². The Morgan fingerprint density at radius 1 is 1.31 bits per heavy atom. The second-order valence-corrected chi connectivity index (χ2v) is 4.54. The molecule has 1 rings (SSSR count). The third-order valence-electron chi connectivity index (χ3n) is 3.03. The summed E-state index contributed by atoms with van der Waals surface area (Å²) in [5.41, 5.74) is 0.344. The summed E-state index contributed by atoms with van der Waals surface area (Å²) in [5.74, 6) is 0.0102. The van der Waals surface area contributed by atoms with Crippen molar-refractivity contribution in [2.75, 3.05) is 0 Å². The van der Waals surface area contributed by atoms with Gasteiger partial charge in [0.05, 0.1) is 6.10 Å². The topological polar surface area (TPSA) is 20.2 Å². The third-order valence-corrected chi connectivity index (χ3v) is 3.27. The van der Waals surface area contributed by atoms with Crippen molar-refractivity contribution in [1.29, 1.82) is 0 Å². The van der Waals surface area contributed by atoms with E-state index in [9.17, 15) is 9.50 Å². The fourth-order valence-corrected chi connectivity index (χ4v) is 2.00. The van der Waals surface area contributed by atoms with E-state index in [1.807, 2.05) is 0 Å². The van der Waals surface area contributed by atoms with Crippen LogP contribution in [0.25, 0.3) is 0 Å². The summed E-state index contributed by atoms with van der Waals surface area (Å²) in [5, 5.41) is 10.3. The summed E-state index contributed by atoms with van der Waals surface area (Å²) in [6.07, 6.45) is 1.87. The molecule has 0 aromatic heterocycles. The molecule has 0 aliphatic carbocycles. The molecule has 1 aromatic rings. The first kappa shape index (κ1) is 13.5. The summed E-state index contributed by atoms with van der Waals surface area (Å²) in [6.45, 7) is 4.16. The minimum atomic E-state index is -0.734. The summed E-state index contributed by atoms with van der Waals surface area (Å²) >= 11 is 5.66. The van der Waals surface area contributed by atoms with Crippen molar-refractivity contribution in [3.05, 3.63) is 34.6 Å². The van der Waals surface area contributed by atoms with E-state index in [0.29, 0.717) is 22.9 Å². The van der Waals surface area contributed by atoms with E-state index in [1.165, 1.54) is 6.07 Å². The van der Waals surface area contributed by atoms with Gasteiger partial charge < -0.3 is 5.11 Å². The molecule has 0 radical (unpaired) electrons.